The number of hydrogen-bond acceptors (Lipinski definition) is 3. The molecule has 0 bridgehead atoms. The van der Waals surface area contributed by atoms with E-state index in [1.165, 1.54) is 0 Å². The van der Waals surface area contributed by atoms with Crippen molar-refractivity contribution in [3.05, 3.63) is 64.7 Å². The Morgan fingerprint density at radius 2 is 1.92 bits per heavy atom. The number of rotatable bonds is 3. The molecule has 0 spiro atoms. The molecule has 1 heterocycles. The molecule has 1 fully saturated rings. The lowest BCUT2D eigenvalue weighted by atomic mass is 10.1. The molecular formula is C20H22ClN5. The van der Waals surface area contributed by atoms with Crippen LogP contribution in [0.25, 0.3) is 0 Å². The van der Waals surface area contributed by atoms with E-state index in [2.05, 4.69) is 32.2 Å². The molecule has 2 aromatic carbocycles. The predicted molar refractivity (Wildman–Crippen MR) is 107 cm³/mol. The molecule has 0 amide bonds. The summed E-state index contributed by atoms with van der Waals surface area (Å²) in [5.41, 5.74) is 2.91. The highest BCUT2D eigenvalue weighted by atomic mass is 35.5. The maximum absolute atomic E-state index is 9.01. The molecule has 0 atom stereocenters. The fraction of sp³-hybridized carbons (Fsp3) is 0.300. The molecule has 0 unspecified atom stereocenters. The van der Waals surface area contributed by atoms with Crippen molar-refractivity contribution < 1.29 is 0 Å². The monoisotopic (exact) mass is 367 g/mol. The molecule has 1 saturated heterocycles. The van der Waals surface area contributed by atoms with Gasteiger partial charge in [-0.05, 0) is 35.9 Å². The molecule has 0 aliphatic carbocycles. The van der Waals surface area contributed by atoms with Gasteiger partial charge < -0.3 is 15.1 Å². The maximum atomic E-state index is 9.01. The maximum Gasteiger partial charge on any atom is 0.194 e. The summed E-state index contributed by atoms with van der Waals surface area (Å²) in [5, 5.41) is 13.2. The van der Waals surface area contributed by atoms with E-state index in [0.717, 1.165) is 48.4 Å². The van der Waals surface area contributed by atoms with Crippen LogP contribution in [0, 0.1) is 11.3 Å². The lowest BCUT2D eigenvalue weighted by Crippen LogP contribution is -2.52. The number of anilines is 1. The molecule has 26 heavy (non-hydrogen) atoms. The van der Waals surface area contributed by atoms with Gasteiger partial charge in [-0.2, -0.15) is 5.26 Å². The van der Waals surface area contributed by atoms with Gasteiger partial charge in [0, 0.05) is 50.5 Å². The summed E-state index contributed by atoms with van der Waals surface area (Å²) in [6, 6.07) is 17.8. The predicted octanol–water partition coefficient (Wildman–Crippen LogP) is 3.11. The first-order valence-corrected chi connectivity index (χ1v) is 9.02. The SMILES string of the molecule is CN=C(NCc1cccc(C#N)c1)N1CCN(c2cccc(Cl)c2)CC1. The van der Waals surface area contributed by atoms with Crippen molar-refractivity contribution in [1.29, 1.82) is 5.26 Å². The zero-order valence-electron chi connectivity index (χ0n) is 14.8. The van der Waals surface area contributed by atoms with Crippen molar-refractivity contribution in [3.63, 3.8) is 0 Å². The Hall–Kier alpha value is -2.71. The molecule has 3 rings (SSSR count). The summed E-state index contributed by atoms with van der Waals surface area (Å²) in [5.74, 6) is 0.887. The number of benzene rings is 2. The molecule has 1 N–H and O–H groups in total. The van der Waals surface area contributed by atoms with Crippen LogP contribution in [-0.2, 0) is 6.54 Å². The van der Waals surface area contributed by atoms with Gasteiger partial charge in [0.1, 0.15) is 0 Å². The second-order valence-electron chi connectivity index (χ2n) is 6.17. The van der Waals surface area contributed by atoms with Crippen molar-refractivity contribution in [2.75, 3.05) is 38.1 Å². The Labute approximate surface area is 159 Å². The minimum absolute atomic E-state index is 0.650. The molecule has 1 aliphatic rings. The third kappa shape index (κ3) is 4.47. The lowest BCUT2D eigenvalue weighted by Gasteiger charge is -2.37. The smallest absolute Gasteiger partial charge is 0.194 e. The Balaban J connectivity index is 1.56. The number of nitriles is 1. The highest BCUT2D eigenvalue weighted by Gasteiger charge is 2.19. The largest absolute Gasteiger partial charge is 0.368 e. The molecule has 2 aromatic rings. The summed E-state index contributed by atoms with van der Waals surface area (Å²) in [7, 11) is 1.80. The molecule has 0 radical (unpaired) electrons. The summed E-state index contributed by atoms with van der Waals surface area (Å²) < 4.78 is 0. The average Bonchev–Trinajstić information content (AvgIpc) is 2.69. The van der Waals surface area contributed by atoms with Gasteiger partial charge in [-0.15, -0.1) is 0 Å². The van der Waals surface area contributed by atoms with Crippen LogP contribution in [0.3, 0.4) is 0 Å². The van der Waals surface area contributed by atoms with E-state index in [4.69, 9.17) is 16.9 Å². The lowest BCUT2D eigenvalue weighted by molar-refractivity contribution is 0.372. The van der Waals surface area contributed by atoms with Crippen LogP contribution in [0.5, 0.6) is 0 Å². The zero-order valence-corrected chi connectivity index (χ0v) is 15.6. The van der Waals surface area contributed by atoms with E-state index < -0.39 is 0 Å². The normalized spacial score (nSPS) is 14.9. The van der Waals surface area contributed by atoms with Crippen LogP contribution in [0.15, 0.2) is 53.5 Å². The number of nitrogens with zero attached hydrogens (tertiary/aromatic N) is 4. The van der Waals surface area contributed by atoms with Crippen molar-refractivity contribution in [2.24, 2.45) is 4.99 Å². The number of hydrogen-bond donors (Lipinski definition) is 1. The van der Waals surface area contributed by atoms with E-state index in [9.17, 15) is 0 Å². The number of piperazine rings is 1. The molecular weight excluding hydrogens is 346 g/mol. The van der Waals surface area contributed by atoms with Crippen molar-refractivity contribution in [1.82, 2.24) is 10.2 Å². The van der Waals surface area contributed by atoms with Gasteiger partial charge >= 0.3 is 0 Å². The summed E-state index contributed by atoms with van der Waals surface area (Å²) in [6.07, 6.45) is 0. The number of guanidine groups is 1. The Morgan fingerprint density at radius 1 is 1.15 bits per heavy atom. The van der Waals surface area contributed by atoms with Crippen molar-refractivity contribution >= 4 is 23.2 Å². The second kappa shape index (κ2) is 8.59. The van der Waals surface area contributed by atoms with Crippen molar-refractivity contribution in [3.8, 4) is 6.07 Å². The zero-order chi connectivity index (χ0) is 18.4. The first-order valence-electron chi connectivity index (χ1n) is 8.65. The van der Waals surface area contributed by atoms with Crippen LogP contribution in [0.4, 0.5) is 5.69 Å². The average molecular weight is 368 g/mol. The summed E-state index contributed by atoms with van der Waals surface area (Å²) in [6.45, 7) is 4.28. The van der Waals surface area contributed by atoms with Crippen molar-refractivity contribution in [2.45, 2.75) is 6.54 Å². The van der Waals surface area contributed by atoms with Gasteiger partial charge in [0.15, 0.2) is 5.96 Å². The van der Waals surface area contributed by atoms with Gasteiger partial charge in [0.25, 0.3) is 0 Å². The first kappa shape index (κ1) is 18.1. The number of nitrogens with one attached hydrogen (secondary N) is 1. The van der Waals surface area contributed by atoms with E-state index >= 15 is 0 Å². The third-order valence-electron chi connectivity index (χ3n) is 4.47. The molecule has 1 aliphatic heterocycles. The second-order valence-corrected chi connectivity index (χ2v) is 6.60. The van der Waals surface area contributed by atoms with Gasteiger partial charge in [-0.25, -0.2) is 0 Å². The summed E-state index contributed by atoms with van der Waals surface area (Å²) >= 11 is 6.10. The minimum Gasteiger partial charge on any atom is -0.368 e. The Kier molecular flexibility index (Phi) is 5.98. The van der Waals surface area contributed by atoms with Crippen LogP contribution >= 0.6 is 11.6 Å². The molecule has 134 valence electrons. The van der Waals surface area contributed by atoms with E-state index in [-0.39, 0.29) is 0 Å². The highest BCUT2D eigenvalue weighted by molar-refractivity contribution is 6.30. The molecule has 5 nitrogen and oxygen atoms in total. The van der Waals surface area contributed by atoms with Crippen LogP contribution in [-0.4, -0.2) is 44.1 Å². The topological polar surface area (TPSA) is 54.7 Å². The van der Waals surface area contributed by atoms with Gasteiger partial charge in [0.2, 0.25) is 0 Å². The standard InChI is InChI=1S/C20H22ClN5/c1-23-20(24-15-17-5-2-4-16(12-17)14-22)26-10-8-25(9-11-26)19-7-3-6-18(21)13-19/h2-7,12-13H,8-11,15H2,1H3,(H,23,24). The Morgan fingerprint density at radius 3 is 2.62 bits per heavy atom. The highest BCUT2D eigenvalue weighted by Crippen LogP contribution is 2.20. The van der Waals surface area contributed by atoms with Gasteiger partial charge in [0.05, 0.1) is 11.6 Å². The fourth-order valence-electron chi connectivity index (χ4n) is 3.11. The van der Waals surface area contributed by atoms with Crippen LogP contribution < -0.4 is 10.2 Å². The van der Waals surface area contributed by atoms with E-state index in [0.29, 0.717) is 12.1 Å². The first-order chi connectivity index (χ1) is 12.7. The summed E-state index contributed by atoms with van der Waals surface area (Å²) in [4.78, 5) is 9.01. The van der Waals surface area contributed by atoms with Gasteiger partial charge in [-0.3, -0.25) is 4.99 Å². The quantitative estimate of drug-likeness (QED) is 0.669. The number of halogens is 1. The van der Waals surface area contributed by atoms with E-state index in [1.807, 2.05) is 42.5 Å². The minimum atomic E-state index is 0.650. The fourth-order valence-corrected chi connectivity index (χ4v) is 3.30. The van der Waals surface area contributed by atoms with Gasteiger partial charge in [-0.1, -0.05) is 29.8 Å². The van der Waals surface area contributed by atoms with Crippen LogP contribution in [0.1, 0.15) is 11.1 Å². The van der Waals surface area contributed by atoms with E-state index in [1.54, 1.807) is 7.05 Å². The molecule has 6 heteroatoms. The molecule has 0 aromatic heterocycles. The third-order valence-corrected chi connectivity index (χ3v) is 4.71. The molecule has 0 saturated carbocycles. The van der Waals surface area contributed by atoms with Crippen LogP contribution in [0.2, 0.25) is 5.02 Å². The number of aliphatic imine (C=N–C) groups is 1. The Bertz CT molecular complexity index is 819.